The van der Waals surface area contributed by atoms with E-state index in [-0.39, 0.29) is 5.95 Å². The number of hydrogen-bond donors (Lipinski definition) is 1. The summed E-state index contributed by atoms with van der Waals surface area (Å²) in [5.41, 5.74) is 7.91. The third kappa shape index (κ3) is 1.95. The summed E-state index contributed by atoms with van der Waals surface area (Å²) in [4.78, 5) is 20.0. The van der Waals surface area contributed by atoms with Gasteiger partial charge in [0.25, 0.3) is 0 Å². The first-order valence-electron chi connectivity index (χ1n) is 5.84. The number of fused-ring (bicyclic) bond motifs is 1. The zero-order valence-corrected chi connectivity index (χ0v) is 10.6. The lowest BCUT2D eigenvalue weighted by Gasteiger charge is -2.04. The van der Waals surface area contributed by atoms with Gasteiger partial charge in [0.1, 0.15) is 5.69 Å². The molecule has 0 radical (unpaired) electrons. The maximum absolute atomic E-state index is 11.6. The first kappa shape index (κ1) is 12.1. The Labute approximate surface area is 114 Å². The van der Waals surface area contributed by atoms with Gasteiger partial charge in [0, 0.05) is 18.0 Å². The Morgan fingerprint density at radius 1 is 1.40 bits per heavy atom. The number of carbonyl (C=O) groups excluding carboxylic acids is 1. The van der Waals surface area contributed by atoms with E-state index in [9.17, 15) is 4.79 Å². The molecule has 2 heterocycles. The van der Waals surface area contributed by atoms with Crippen molar-refractivity contribution in [2.75, 3.05) is 12.8 Å². The molecule has 0 fully saturated rings. The highest BCUT2D eigenvalue weighted by Gasteiger charge is 2.12. The van der Waals surface area contributed by atoms with Crippen LogP contribution in [0.5, 0.6) is 0 Å². The van der Waals surface area contributed by atoms with Crippen molar-refractivity contribution in [3.8, 4) is 11.3 Å². The first-order valence-corrected chi connectivity index (χ1v) is 5.84. The van der Waals surface area contributed by atoms with E-state index >= 15 is 0 Å². The molecule has 3 rings (SSSR count). The summed E-state index contributed by atoms with van der Waals surface area (Å²) in [5.74, 6) is -0.233. The highest BCUT2D eigenvalue weighted by Crippen LogP contribution is 2.22. The van der Waals surface area contributed by atoms with Gasteiger partial charge in [-0.25, -0.2) is 9.31 Å². The largest absolute Gasteiger partial charge is 0.465 e. The highest BCUT2D eigenvalue weighted by atomic mass is 16.5. The van der Waals surface area contributed by atoms with E-state index < -0.39 is 5.97 Å². The SMILES string of the molecule is COC(=O)c1cccc(-c2nccn3nc(N)nc23)c1. The molecule has 2 N–H and O–H groups in total. The molecule has 0 amide bonds. The molecular formula is C13H11N5O2. The first-order chi connectivity index (χ1) is 9.69. The van der Waals surface area contributed by atoms with Crippen LogP contribution in [0.4, 0.5) is 5.95 Å². The van der Waals surface area contributed by atoms with Crippen LogP contribution in [0.1, 0.15) is 10.4 Å². The maximum Gasteiger partial charge on any atom is 0.337 e. The van der Waals surface area contributed by atoms with E-state index in [0.29, 0.717) is 16.9 Å². The number of nitrogens with two attached hydrogens (primary N) is 1. The lowest BCUT2D eigenvalue weighted by atomic mass is 10.1. The molecule has 0 unspecified atom stereocenters. The highest BCUT2D eigenvalue weighted by molar-refractivity contribution is 5.91. The van der Waals surface area contributed by atoms with Gasteiger partial charge in [-0.1, -0.05) is 12.1 Å². The monoisotopic (exact) mass is 269 g/mol. The number of nitrogen functional groups attached to an aromatic ring is 1. The second-order valence-electron chi connectivity index (χ2n) is 4.09. The normalized spacial score (nSPS) is 10.7. The Morgan fingerprint density at radius 3 is 3.05 bits per heavy atom. The molecule has 0 spiro atoms. The van der Waals surface area contributed by atoms with Crippen molar-refractivity contribution in [1.82, 2.24) is 19.6 Å². The molecule has 0 aliphatic carbocycles. The number of carbonyl (C=O) groups is 1. The van der Waals surface area contributed by atoms with Crippen molar-refractivity contribution >= 4 is 17.6 Å². The Morgan fingerprint density at radius 2 is 2.25 bits per heavy atom. The summed E-state index contributed by atoms with van der Waals surface area (Å²) in [6.45, 7) is 0. The van der Waals surface area contributed by atoms with Crippen molar-refractivity contribution in [1.29, 1.82) is 0 Å². The van der Waals surface area contributed by atoms with Crippen molar-refractivity contribution in [2.24, 2.45) is 0 Å². The number of ether oxygens (including phenoxy) is 1. The molecule has 1 aromatic carbocycles. The number of esters is 1. The van der Waals surface area contributed by atoms with Crippen LogP contribution in [-0.2, 0) is 4.74 Å². The molecule has 7 nitrogen and oxygen atoms in total. The zero-order chi connectivity index (χ0) is 14.1. The van der Waals surface area contributed by atoms with Gasteiger partial charge >= 0.3 is 5.97 Å². The third-order valence-corrected chi connectivity index (χ3v) is 2.83. The van der Waals surface area contributed by atoms with E-state index in [0.717, 1.165) is 5.56 Å². The zero-order valence-electron chi connectivity index (χ0n) is 10.6. The standard InChI is InChI=1S/C13H11N5O2/c1-20-12(19)9-4-2-3-8(7-9)10-11-16-13(14)17-18(11)6-5-15-10/h2-7H,1H3,(H2,14,17). The molecule has 0 saturated heterocycles. The number of aromatic nitrogens is 4. The number of rotatable bonds is 2. The van der Waals surface area contributed by atoms with E-state index in [1.807, 2.05) is 6.07 Å². The van der Waals surface area contributed by atoms with Crippen LogP contribution < -0.4 is 5.73 Å². The van der Waals surface area contributed by atoms with Crippen LogP contribution in [0.15, 0.2) is 36.7 Å². The molecule has 0 saturated carbocycles. The fourth-order valence-corrected chi connectivity index (χ4v) is 1.95. The lowest BCUT2D eigenvalue weighted by Crippen LogP contribution is -2.01. The average Bonchev–Trinajstić information content (AvgIpc) is 2.86. The molecule has 0 aliphatic heterocycles. The second kappa shape index (κ2) is 4.61. The summed E-state index contributed by atoms with van der Waals surface area (Å²) >= 11 is 0. The van der Waals surface area contributed by atoms with Crippen LogP contribution in [0.2, 0.25) is 0 Å². The Hall–Kier alpha value is -2.96. The molecule has 100 valence electrons. The predicted molar refractivity (Wildman–Crippen MR) is 72.0 cm³/mol. The van der Waals surface area contributed by atoms with Gasteiger partial charge in [-0.15, -0.1) is 5.10 Å². The summed E-state index contributed by atoms with van der Waals surface area (Å²) in [7, 11) is 1.34. The van der Waals surface area contributed by atoms with Crippen molar-refractivity contribution in [3.63, 3.8) is 0 Å². The quantitative estimate of drug-likeness (QED) is 0.701. The summed E-state index contributed by atoms with van der Waals surface area (Å²) < 4.78 is 6.25. The number of methoxy groups -OCH3 is 1. The Kier molecular flexibility index (Phi) is 2.79. The minimum Gasteiger partial charge on any atom is -0.465 e. The summed E-state index contributed by atoms with van der Waals surface area (Å²) in [5, 5.41) is 4.02. The molecule has 7 heteroatoms. The average molecular weight is 269 g/mol. The number of hydrogen-bond acceptors (Lipinski definition) is 6. The lowest BCUT2D eigenvalue weighted by molar-refractivity contribution is 0.0601. The molecule has 0 bridgehead atoms. The molecule has 3 aromatic rings. The maximum atomic E-state index is 11.6. The van der Waals surface area contributed by atoms with E-state index in [2.05, 4.69) is 15.1 Å². The van der Waals surface area contributed by atoms with Gasteiger partial charge in [-0.3, -0.25) is 4.98 Å². The van der Waals surface area contributed by atoms with Crippen molar-refractivity contribution in [2.45, 2.75) is 0 Å². The smallest absolute Gasteiger partial charge is 0.337 e. The summed E-state index contributed by atoms with van der Waals surface area (Å²) in [6, 6.07) is 6.96. The van der Waals surface area contributed by atoms with Gasteiger partial charge in [0.15, 0.2) is 5.65 Å². The van der Waals surface area contributed by atoms with Crippen LogP contribution >= 0.6 is 0 Å². The van der Waals surface area contributed by atoms with Gasteiger partial charge in [0.05, 0.1) is 12.7 Å². The van der Waals surface area contributed by atoms with Crippen LogP contribution in [0.3, 0.4) is 0 Å². The number of anilines is 1. The van der Waals surface area contributed by atoms with Crippen LogP contribution in [-0.4, -0.2) is 32.7 Å². The minimum atomic E-state index is -0.403. The minimum absolute atomic E-state index is 0.170. The van der Waals surface area contributed by atoms with E-state index in [1.54, 1.807) is 35.1 Å². The number of benzene rings is 1. The summed E-state index contributed by atoms with van der Waals surface area (Å²) in [6.07, 6.45) is 3.26. The fourth-order valence-electron chi connectivity index (χ4n) is 1.95. The van der Waals surface area contributed by atoms with Crippen LogP contribution in [0, 0.1) is 0 Å². The van der Waals surface area contributed by atoms with Crippen molar-refractivity contribution < 1.29 is 9.53 Å². The van der Waals surface area contributed by atoms with Gasteiger partial charge in [-0.2, -0.15) is 4.98 Å². The molecule has 0 aliphatic rings. The predicted octanol–water partition coefficient (Wildman–Crippen LogP) is 1.16. The van der Waals surface area contributed by atoms with Gasteiger partial charge in [-0.05, 0) is 12.1 Å². The second-order valence-corrected chi connectivity index (χ2v) is 4.09. The van der Waals surface area contributed by atoms with Gasteiger partial charge in [0.2, 0.25) is 5.95 Å². The number of nitrogens with zero attached hydrogens (tertiary/aromatic N) is 4. The van der Waals surface area contributed by atoms with Crippen LogP contribution in [0.25, 0.3) is 16.9 Å². The Bertz CT molecular complexity index is 796. The molecule has 0 atom stereocenters. The van der Waals surface area contributed by atoms with Crippen molar-refractivity contribution in [3.05, 3.63) is 42.2 Å². The molecular weight excluding hydrogens is 258 g/mol. The van der Waals surface area contributed by atoms with E-state index in [4.69, 9.17) is 10.5 Å². The topological polar surface area (TPSA) is 95.4 Å². The third-order valence-electron chi connectivity index (χ3n) is 2.83. The molecule has 2 aromatic heterocycles. The van der Waals surface area contributed by atoms with E-state index in [1.165, 1.54) is 7.11 Å². The van der Waals surface area contributed by atoms with Gasteiger partial charge < -0.3 is 10.5 Å². The molecule has 20 heavy (non-hydrogen) atoms. The Balaban J connectivity index is 2.18. The fraction of sp³-hybridized carbons (Fsp3) is 0.0769.